The molecule has 0 spiro atoms. The van der Waals surface area contributed by atoms with Crippen LogP contribution in [0.2, 0.25) is 0 Å². The normalized spacial score (nSPS) is 32.5. The van der Waals surface area contributed by atoms with E-state index in [-0.39, 0.29) is 17.3 Å². The Morgan fingerprint density at radius 2 is 2.15 bits per heavy atom. The molecule has 1 rings (SSSR count). The minimum atomic E-state index is -0.684. The molecule has 1 aliphatic rings. The summed E-state index contributed by atoms with van der Waals surface area (Å²) in [5.74, 6) is -0.706. The van der Waals surface area contributed by atoms with Crippen LogP contribution in [0, 0.1) is 17.3 Å². The first-order valence-corrected chi connectivity index (χ1v) is 4.75. The van der Waals surface area contributed by atoms with Gasteiger partial charge in [0, 0.05) is 0 Å². The molecule has 0 saturated carbocycles. The summed E-state index contributed by atoms with van der Waals surface area (Å²) in [7, 11) is 0. The van der Waals surface area contributed by atoms with Crippen molar-refractivity contribution in [3.63, 3.8) is 0 Å². The summed E-state index contributed by atoms with van der Waals surface area (Å²) >= 11 is 0. The molecule has 0 aromatic carbocycles. The Hall–Kier alpha value is -0.790. The van der Waals surface area contributed by atoms with Gasteiger partial charge in [-0.05, 0) is 24.7 Å². The Balaban J connectivity index is 2.97. The van der Waals surface area contributed by atoms with Gasteiger partial charge in [-0.15, -0.1) is 0 Å². The lowest BCUT2D eigenvalue weighted by Gasteiger charge is -2.35. The van der Waals surface area contributed by atoms with E-state index in [1.54, 1.807) is 0 Å². The van der Waals surface area contributed by atoms with E-state index in [9.17, 15) is 4.79 Å². The van der Waals surface area contributed by atoms with Gasteiger partial charge in [0.2, 0.25) is 0 Å². The van der Waals surface area contributed by atoms with Gasteiger partial charge in [0.1, 0.15) is 0 Å². The van der Waals surface area contributed by atoms with E-state index >= 15 is 0 Å². The minimum Gasteiger partial charge on any atom is -0.481 e. The fourth-order valence-electron chi connectivity index (χ4n) is 2.60. The molecule has 2 atom stereocenters. The third-order valence-electron chi connectivity index (χ3n) is 2.79. The molecule has 0 fully saturated rings. The van der Waals surface area contributed by atoms with Crippen molar-refractivity contribution in [1.29, 1.82) is 0 Å². The summed E-state index contributed by atoms with van der Waals surface area (Å²) in [5.41, 5.74) is 1.17. The quantitative estimate of drug-likeness (QED) is 0.633. The zero-order chi connectivity index (χ0) is 10.2. The van der Waals surface area contributed by atoms with Gasteiger partial charge in [0.05, 0.1) is 5.92 Å². The van der Waals surface area contributed by atoms with Crippen LogP contribution in [-0.2, 0) is 4.79 Å². The Labute approximate surface area is 79.6 Å². The fraction of sp³-hybridized carbons (Fsp3) is 0.727. The summed E-state index contributed by atoms with van der Waals surface area (Å²) in [6, 6.07) is 0. The van der Waals surface area contributed by atoms with Crippen LogP contribution in [0.25, 0.3) is 0 Å². The Morgan fingerprint density at radius 3 is 2.54 bits per heavy atom. The van der Waals surface area contributed by atoms with Gasteiger partial charge >= 0.3 is 5.97 Å². The van der Waals surface area contributed by atoms with Gasteiger partial charge in [0.25, 0.3) is 0 Å². The number of carboxylic acid groups (broad SMARTS) is 1. The largest absolute Gasteiger partial charge is 0.481 e. The van der Waals surface area contributed by atoms with Crippen LogP contribution in [0.15, 0.2) is 11.6 Å². The van der Waals surface area contributed by atoms with Crippen LogP contribution in [-0.4, -0.2) is 11.1 Å². The maximum atomic E-state index is 10.9. The van der Waals surface area contributed by atoms with Crippen molar-refractivity contribution < 1.29 is 9.90 Å². The number of rotatable bonds is 1. The molecular formula is C11H18O2. The van der Waals surface area contributed by atoms with Crippen molar-refractivity contribution >= 4 is 5.97 Å². The molecule has 13 heavy (non-hydrogen) atoms. The fourth-order valence-corrected chi connectivity index (χ4v) is 2.60. The average Bonchev–Trinajstić information content (AvgIpc) is 1.78. The molecule has 0 aromatic rings. The molecule has 0 aromatic heterocycles. The van der Waals surface area contributed by atoms with Gasteiger partial charge in [-0.3, -0.25) is 4.79 Å². The maximum Gasteiger partial charge on any atom is 0.310 e. The molecule has 0 saturated heterocycles. The van der Waals surface area contributed by atoms with Gasteiger partial charge in [0.15, 0.2) is 0 Å². The first-order valence-electron chi connectivity index (χ1n) is 4.75. The smallest absolute Gasteiger partial charge is 0.310 e. The zero-order valence-electron chi connectivity index (χ0n) is 8.79. The predicted octanol–water partition coefficient (Wildman–Crippen LogP) is 2.70. The second-order valence-electron chi connectivity index (χ2n) is 4.87. The highest BCUT2D eigenvalue weighted by Crippen LogP contribution is 2.40. The second kappa shape index (κ2) is 3.17. The standard InChI is InChI=1S/C11H18O2/c1-7-5-11(3,4)6-8(2)9(7)10(12)13/h5,8-9H,6H2,1-4H3,(H,12,13). The molecule has 0 heterocycles. The first kappa shape index (κ1) is 10.3. The van der Waals surface area contributed by atoms with Crippen molar-refractivity contribution in [2.75, 3.05) is 0 Å². The highest BCUT2D eigenvalue weighted by Gasteiger charge is 2.35. The third kappa shape index (κ3) is 2.11. The van der Waals surface area contributed by atoms with E-state index in [0.717, 1.165) is 12.0 Å². The first-order chi connectivity index (χ1) is 5.83. The van der Waals surface area contributed by atoms with E-state index in [2.05, 4.69) is 19.9 Å². The number of carboxylic acids is 1. The Kier molecular flexibility index (Phi) is 2.51. The van der Waals surface area contributed by atoms with E-state index in [1.165, 1.54) is 0 Å². The molecule has 1 aliphatic carbocycles. The average molecular weight is 182 g/mol. The molecule has 2 unspecified atom stereocenters. The minimum absolute atomic E-state index is 0.162. The van der Waals surface area contributed by atoms with Gasteiger partial charge in [-0.2, -0.15) is 0 Å². The number of hydrogen-bond acceptors (Lipinski definition) is 1. The SMILES string of the molecule is CC1=CC(C)(C)CC(C)C1C(=O)O. The molecule has 0 radical (unpaired) electrons. The van der Waals surface area contributed by atoms with Gasteiger partial charge in [-0.1, -0.05) is 32.4 Å². The van der Waals surface area contributed by atoms with Crippen LogP contribution < -0.4 is 0 Å². The number of allylic oxidation sites excluding steroid dienone is 1. The van der Waals surface area contributed by atoms with Crippen molar-refractivity contribution in [2.24, 2.45) is 17.3 Å². The zero-order valence-corrected chi connectivity index (χ0v) is 8.79. The molecule has 2 nitrogen and oxygen atoms in total. The second-order valence-corrected chi connectivity index (χ2v) is 4.87. The summed E-state index contributed by atoms with van der Waals surface area (Å²) in [4.78, 5) is 10.9. The van der Waals surface area contributed by atoms with Crippen LogP contribution in [0.1, 0.15) is 34.1 Å². The lowest BCUT2D eigenvalue weighted by molar-refractivity contribution is -0.142. The van der Waals surface area contributed by atoms with Crippen molar-refractivity contribution in [1.82, 2.24) is 0 Å². The molecular weight excluding hydrogens is 164 g/mol. The number of hydrogen-bond donors (Lipinski definition) is 1. The predicted molar refractivity (Wildman–Crippen MR) is 52.4 cm³/mol. The molecule has 1 N–H and O–H groups in total. The molecule has 0 bridgehead atoms. The van der Waals surface area contributed by atoms with Crippen molar-refractivity contribution in [2.45, 2.75) is 34.1 Å². The van der Waals surface area contributed by atoms with Crippen molar-refractivity contribution in [3.05, 3.63) is 11.6 Å². The monoisotopic (exact) mass is 182 g/mol. The molecule has 74 valence electrons. The van der Waals surface area contributed by atoms with E-state index in [1.807, 2.05) is 13.8 Å². The number of aliphatic carboxylic acids is 1. The highest BCUT2D eigenvalue weighted by molar-refractivity contribution is 5.74. The van der Waals surface area contributed by atoms with Crippen molar-refractivity contribution in [3.8, 4) is 0 Å². The summed E-state index contributed by atoms with van der Waals surface area (Å²) in [6.45, 7) is 8.27. The van der Waals surface area contributed by atoms with Crippen LogP contribution in [0.4, 0.5) is 0 Å². The van der Waals surface area contributed by atoms with Crippen LogP contribution in [0.3, 0.4) is 0 Å². The Bertz CT molecular complexity index is 251. The van der Waals surface area contributed by atoms with Gasteiger partial charge < -0.3 is 5.11 Å². The van der Waals surface area contributed by atoms with Crippen LogP contribution >= 0.6 is 0 Å². The maximum absolute atomic E-state index is 10.9. The summed E-state index contributed by atoms with van der Waals surface area (Å²) in [6.07, 6.45) is 3.06. The summed E-state index contributed by atoms with van der Waals surface area (Å²) in [5, 5.41) is 9.01. The highest BCUT2D eigenvalue weighted by atomic mass is 16.4. The number of carbonyl (C=O) groups is 1. The molecule has 0 amide bonds. The lowest BCUT2D eigenvalue weighted by Crippen LogP contribution is -2.31. The summed E-state index contributed by atoms with van der Waals surface area (Å²) < 4.78 is 0. The van der Waals surface area contributed by atoms with Crippen LogP contribution in [0.5, 0.6) is 0 Å². The third-order valence-corrected chi connectivity index (χ3v) is 2.79. The lowest BCUT2D eigenvalue weighted by atomic mass is 9.69. The Morgan fingerprint density at radius 1 is 1.62 bits per heavy atom. The topological polar surface area (TPSA) is 37.3 Å². The van der Waals surface area contributed by atoms with Gasteiger partial charge in [-0.25, -0.2) is 0 Å². The van der Waals surface area contributed by atoms with E-state index in [0.29, 0.717) is 0 Å². The molecule has 2 heteroatoms. The van der Waals surface area contributed by atoms with E-state index < -0.39 is 5.97 Å². The molecule has 0 aliphatic heterocycles. The van der Waals surface area contributed by atoms with E-state index in [4.69, 9.17) is 5.11 Å².